The van der Waals surface area contributed by atoms with Crippen molar-refractivity contribution in [2.75, 3.05) is 25.0 Å². The Hall–Kier alpha value is -1.39. The van der Waals surface area contributed by atoms with Gasteiger partial charge in [0.2, 0.25) is 0 Å². The van der Waals surface area contributed by atoms with Gasteiger partial charge in [0.25, 0.3) is 0 Å². The van der Waals surface area contributed by atoms with Crippen molar-refractivity contribution >= 4 is 17.0 Å². The molecule has 1 N–H and O–H groups in total. The first-order valence-electron chi connectivity index (χ1n) is 8.29. The third kappa shape index (κ3) is 2.77. The molecule has 1 fully saturated rings. The van der Waals surface area contributed by atoms with Gasteiger partial charge in [-0.25, -0.2) is 4.98 Å². The van der Waals surface area contributed by atoms with Crippen molar-refractivity contribution in [3.63, 3.8) is 0 Å². The van der Waals surface area contributed by atoms with Crippen LogP contribution in [0, 0.1) is 6.92 Å². The molecular formula is C18H23N3S. The van der Waals surface area contributed by atoms with Crippen LogP contribution >= 0.6 is 11.3 Å². The minimum absolute atomic E-state index is 0.676. The molecule has 0 radical (unpaired) electrons. The smallest absolute Gasteiger partial charge is 0.0959 e. The van der Waals surface area contributed by atoms with Gasteiger partial charge in [-0.05, 0) is 50.4 Å². The topological polar surface area (TPSA) is 28.2 Å². The Morgan fingerprint density at radius 1 is 1.32 bits per heavy atom. The lowest BCUT2D eigenvalue weighted by atomic mass is 9.97. The summed E-state index contributed by atoms with van der Waals surface area (Å²) in [6.07, 6.45) is 5.69. The molecule has 0 amide bonds. The summed E-state index contributed by atoms with van der Waals surface area (Å²) in [5, 5.41) is 4.91. The number of piperidine rings is 1. The van der Waals surface area contributed by atoms with E-state index < -0.39 is 0 Å². The van der Waals surface area contributed by atoms with E-state index in [0.29, 0.717) is 5.92 Å². The van der Waals surface area contributed by atoms with Gasteiger partial charge in [0, 0.05) is 35.8 Å². The molecule has 0 saturated carbocycles. The van der Waals surface area contributed by atoms with Gasteiger partial charge in [-0.3, -0.25) is 4.90 Å². The number of nitrogens with zero attached hydrogens (tertiary/aromatic N) is 2. The minimum atomic E-state index is 0.676. The highest BCUT2D eigenvalue weighted by Crippen LogP contribution is 2.33. The van der Waals surface area contributed by atoms with E-state index >= 15 is 0 Å². The second kappa shape index (κ2) is 6.01. The summed E-state index contributed by atoms with van der Waals surface area (Å²) in [6, 6.07) is 6.76. The molecule has 4 rings (SSSR count). The second-order valence-electron chi connectivity index (χ2n) is 6.49. The molecule has 3 nitrogen and oxygen atoms in total. The van der Waals surface area contributed by atoms with Crippen LogP contribution in [0.2, 0.25) is 0 Å². The number of para-hydroxylation sites is 1. The Labute approximate surface area is 136 Å². The number of hydrogen-bond acceptors (Lipinski definition) is 4. The van der Waals surface area contributed by atoms with Crippen LogP contribution in [0.1, 0.15) is 39.8 Å². The summed E-state index contributed by atoms with van der Waals surface area (Å²) >= 11 is 1.88. The Morgan fingerprint density at radius 3 is 2.95 bits per heavy atom. The van der Waals surface area contributed by atoms with Crippen molar-refractivity contribution in [1.29, 1.82) is 0 Å². The summed E-state index contributed by atoms with van der Waals surface area (Å²) in [7, 11) is 0. The van der Waals surface area contributed by atoms with E-state index in [2.05, 4.69) is 40.3 Å². The Kier molecular flexibility index (Phi) is 3.89. The number of rotatable bonds is 3. The highest BCUT2D eigenvalue weighted by atomic mass is 32.1. The summed E-state index contributed by atoms with van der Waals surface area (Å²) in [5.41, 5.74) is 4.37. The Morgan fingerprint density at radius 2 is 2.18 bits per heavy atom. The van der Waals surface area contributed by atoms with E-state index in [4.69, 9.17) is 0 Å². The molecule has 1 aromatic carbocycles. The highest BCUT2D eigenvalue weighted by Gasteiger charge is 2.24. The zero-order valence-corrected chi connectivity index (χ0v) is 14.0. The fraction of sp³-hybridized carbons (Fsp3) is 0.500. The lowest BCUT2D eigenvalue weighted by molar-refractivity contribution is 0.205. The molecule has 0 atom stereocenters. The first kappa shape index (κ1) is 14.2. The standard InChI is InChI=1S/C18H23N3S/c1-13-11-20-18(22-13)15-6-9-21(10-7-15)12-16-4-2-3-14-5-8-19-17(14)16/h2-4,11,15,19H,5-10,12H2,1H3. The lowest BCUT2D eigenvalue weighted by Gasteiger charge is -2.31. The molecule has 0 aliphatic carbocycles. The average Bonchev–Trinajstić information content (AvgIpc) is 3.17. The van der Waals surface area contributed by atoms with Gasteiger partial charge in [0.1, 0.15) is 0 Å². The van der Waals surface area contributed by atoms with Crippen LogP contribution in [0.15, 0.2) is 24.4 Å². The van der Waals surface area contributed by atoms with E-state index in [0.717, 1.165) is 13.1 Å². The van der Waals surface area contributed by atoms with Crippen molar-refractivity contribution in [2.24, 2.45) is 0 Å². The van der Waals surface area contributed by atoms with Gasteiger partial charge in [0.05, 0.1) is 5.01 Å². The minimum Gasteiger partial charge on any atom is -0.384 e. The largest absolute Gasteiger partial charge is 0.384 e. The van der Waals surface area contributed by atoms with Gasteiger partial charge < -0.3 is 5.32 Å². The summed E-state index contributed by atoms with van der Waals surface area (Å²) in [6.45, 7) is 6.71. The Balaban J connectivity index is 1.39. The molecule has 2 aromatic rings. The first-order chi connectivity index (χ1) is 10.8. The molecule has 0 spiro atoms. The molecular weight excluding hydrogens is 290 g/mol. The van der Waals surface area contributed by atoms with Crippen LogP contribution in [-0.2, 0) is 13.0 Å². The van der Waals surface area contributed by atoms with Gasteiger partial charge in [0.15, 0.2) is 0 Å². The first-order valence-corrected chi connectivity index (χ1v) is 9.10. The molecule has 116 valence electrons. The zero-order valence-electron chi connectivity index (χ0n) is 13.1. The Bertz CT molecular complexity index is 656. The molecule has 1 saturated heterocycles. The molecule has 3 heterocycles. The van der Waals surface area contributed by atoms with Crippen molar-refractivity contribution < 1.29 is 0 Å². The molecule has 4 heteroatoms. The highest BCUT2D eigenvalue weighted by molar-refractivity contribution is 7.11. The monoisotopic (exact) mass is 313 g/mol. The third-order valence-electron chi connectivity index (χ3n) is 4.90. The SMILES string of the molecule is Cc1cnc(C2CCN(Cc3cccc4c3NCC4)CC2)s1. The number of fused-ring (bicyclic) bond motifs is 1. The van der Waals surface area contributed by atoms with E-state index in [1.54, 1.807) is 0 Å². The van der Waals surface area contributed by atoms with Gasteiger partial charge in [-0.1, -0.05) is 18.2 Å². The van der Waals surface area contributed by atoms with E-state index in [-0.39, 0.29) is 0 Å². The van der Waals surface area contributed by atoms with Crippen LogP contribution in [-0.4, -0.2) is 29.5 Å². The van der Waals surface area contributed by atoms with Crippen LogP contribution in [0.5, 0.6) is 0 Å². The fourth-order valence-corrected chi connectivity index (χ4v) is 4.63. The number of aryl methyl sites for hydroxylation is 1. The van der Waals surface area contributed by atoms with Crippen LogP contribution in [0.25, 0.3) is 0 Å². The maximum atomic E-state index is 4.59. The van der Waals surface area contributed by atoms with Crippen molar-refractivity contribution in [3.05, 3.63) is 45.4 Å². The molecule has 0 bridgehead atoms. The van der Waals surface area contributed by atoms with Crippen molar-refractivity contribution in [3.8, 4) is 0 Å². The number of likely N-dealkylation sites (tertiary alicyclic amines) is 1. The number of benzene rings is 1. The third-order valence-corrected chi connectivity index (χ3v) is 5.98. The van der Waals surface area contributed by atoms with Crippen LogP contribution < -0.4 is 5.32 Å². The van der Waals surface area contributed by atoms with Crippen molar-refractivity contribution in [1.82, 2.24) is 9.88 Å². The molecule has 1 aromatic heterocycles. The molecule has 0 unspecified atom stereocenters. The quantitative estimate of drug-likeness (QED) is 0.934. The van der Waals surface area contributed by atoms with Crippen molar-refractivity contribution in [2.45, 2.75) is 38.6 Å². The lowest BCUT2D eigenvalue weighted by Crippen LogP contribution is -2.32. The van der Waals surface area contributed by atoms with Gasteiger partial charge in [-0.15, -0.1) is 11.3 Å². The zero-order chi connectivity index (χ0) is 14.9. The number of thiazole rings is 1. The second-order valence-corrected chi connectivity index (χ2v) is 7.75. The maximum Gasteiger partial charge on any atom is 0.0959 e. The summed E-state index contributed by atoms with van der Waals surface area (Å²) in [5.74, 6) is 0.676. The number of aromatic nitrogens is 1. The van der Waals surface area contributed by atoms with E-state index in [9.17, 15) is 0 Å². The van der Waals surface area contributed by atoms with Gasteiger partial charge >= 0.3 is 0 Å². The van der Waals surface area contributed by atoms with Crippen LogP contribution in [0.3, 0.4) is 0 Å². The average molecular weight is 313 g/mol. The van der Waals surface area contributed by atoms with E-state index in [1.807, 2.05) is 17.5 Å². The summed E-state index contributed by atoms with van der Waals surface area (Å²) < 4.78 is 0. The predicted octanol–water partition coefficient (Wildman–Crippen LogP) is 3.80. The predicted molar refractivity (Wildman–Crippen MR) is 92.7 cm³/mol. The van der Waals surface area contributed by atoms with Gasteiger partial charge in [-0.2, -0.15) is 0 Å². The number of anilines is 1. The maximum absolute atomic E-state index is 4.59. The molecule has 2 aliphatic rings. The number of nitrogens with one attached hydrogen (secondary N) is 1. The van der Waals surface area contributed by atoms with Crippen LogP contribution in [0.4, 0.5) is 5.69 Å². The van der Waals surface area contributed by atoms with E-state index in [1.165, 1.54) is 59.1 Å². The normalized spacial score (nSPS) is 19.1. The molecule has 2 aliphatic heterocycles. The molecule has 22 heavy (non-hydrogen) atoms. The fourth-order valence-electron chi connectivity index (χ4n) is 3.68. The number of hydrogen-bond donors (Lipinski definition) is 1. The summed E-state index contributed by atoms with van der Waals surface area (Å²) in [4.78, 5) is 8.53.